The van der Waals surface area contributed by atoms with E-state index in [1.807, 2.05) is 6.07 Å². The molecule has 0 amide bonds. The Morgan fingerprint density at radius 2 is 2.06 bits per heavy atom. The van der Waals surface area contributed by atoms with Crippen molar-refractivity contribution in [2.24, 2.45) is 5.92 Å². The fourth-order valence-electron chi connectivity index (χ4n) is 2.20. The molecule has 0 bridgehead atoms. The molecule has 1 fully saturated rings. The van der Waals surface area contributed by atoms with Crippen molar-refractivity contribution in [3.63, 3.8) is 0 Å². The van der Waals surface area contributed by atoms with Gasteiger partial charge >= 0.3 is 0 Å². The van der Waals surface area contributed by atoms with Gasteiger partial charge in [-0.3, -0.25) is 0 Å². The van der Waals surface area contributed by atoms with Crippen molar-refractivity contribution in [1.29, 1.82) is 5.26 Å². The highest BCUT2D eigenvalue weighted by molar-refractivity contribution is 5.52. The van der Waals surface area contributed by atoms with E-state index >= 15 is 0 Å². The van der Waals surface area contributed by atoms with Gasteiger partial charge in [-0.2, -0.15) is 5.26 Å². The molecule has 0 aromatic heterocycles. The molecule has 0 atom stereocenters. The van der Waals surface area contributed by atoms with Crippen LogP contribution in [0.1, 0.15) is 18.4 Å². The Hall–Kier alpha value is -1.60. The van der Waals surface area contributed by atoms with Crippen LogP contribution in [0.4, 0.5) is 10.1 Å². The van der Waals surface area contributed by atoms with Crippen molar-refractivity contribution in [1.82, 2.24) is 0 Å². The molecular weight excluding hydrogens is 219 g/mol. The van der Waals surface area contributed by atoms with Gasteiger partial charge in [-0.25, -0.2) is 4.39 Å². The molecule has 1 heterocycles. The molecule has 4 heteroatoms. The molecular formula is C13H15FN2O. The van der Waals surface area contributed by atoms with Crippen LogP contribution in [0.5, 0.6) is 0 Å². The van der Waals surface area contributed by atoms with Crippen molar-refractivity contribution in [2.75, 3.05) is 24.6 Å². The summed E-state index contributed by atoms with van der Waals surface area (Å²) < 4.78 is 13.3. The average molecular weight is 234 g/mol. The van der Waals surface area contributed by atoms with E-state index in [0.717, 1.165) is 31.6 Å². The average Bonchev–Trinajstić information content (AvgIpc) is 2.38. The third kappa shape index (κ3) is 2.75. The Labute approximate surface area is 100 Å². The summed E-state index contributed by atoms with van der Waals surface area (Å²) in [5, 5.41) is 17.8. The Balaban J connectivity index is 2.13. The van der Waals surface area contributed by atoms with Crippen LogP contribution in [0.25, 0.3) is 0 Å². The summed E-state index contributed by atoms with van der Waals surface area (Å²) >= 11 is 0. The number of piperidine rings is 1. The summed E-state index contributed by atoms with van der Waals surface area (Å²) in [6.07, 6.45) is 1.82. The quantitative estimate of drug-likeness (QED) is 0.850. The van der Waals surface area contributed by atoms with E-state index in [4.69, 9.17) is 10.4 Å². The molecule has 0 radical (unpaired) electrons. The van der Waals surface area contributed by atoms with Crippen LogP contribution in [0.3, 0.4) is 0 Å². The highest BCUT2D eigenvalue weighted by Gasteiger charge is 2.19. The topological polar surface area (TPSA) is 47.3 Å². The number of nitrogens with zero attached hydrogens (tertiary/aromatic N) is 2. The molecule has 1 aromatic rings. The van der Waals surface area contributed by atoms with E-state index < -0.39 is 0 Å². The monoisotopic (exact) mass is 234 g/mol. The normalized spacial score (nSPS) is 16.9. The lowest BCUT2D eigenvalue weighted by Gasteiger charge is -2.32. The molecule has 0 spiro atoms. The summed E-state index contributed by atoms with van der Waals surface area (Å²) in [5.41, 5.74) is 1.11. The van der Waals surface area contributed by atoms with Crippen LogP contribution in [0.2, 0.25) is 0 Å². The van der Waals surface area contributed by atoms with Gasteiger partial charge in [-0.15, -0.1) is 0 Å². The number of aliphatic hydroxyl groups is 1. The Morgan fingerprint density at radius 1 is 1.35 bits per heavy atom. The predicted octanol–water partition coefficient (Wildman–Crippen LogP) is 1.91. The summed E-state index contributed by atoms with van der Waals surface area (Å²) in [5.74, 6) is -0.0152. The summed E-state index contributed by atoms with van der Waals surface area (Å²) in [7, 11) is 0. The van der Waals surface area contributed by atoms with Crippen molar-refractivity contribution in [2.45, 2.75) is 12.8 Å². The Morgan fingerprint density at radius 3 is 2.65 bits per heavy atom. The first-order chi connectivity index (χ1) is 8.22. The zero-order valence-electron chi connectivity index (χ0n) is 9.56. The van der Waals surface area contributed by atoms with Crippen LogP contribution in [0, 0.1) is 23.1 Å². The number of halogens is 1. The standard InChI is InChI=1S/C13H15FN2O/c14-12-5-11(8-15)6-13(7-12)16-3-1-10(9-17)2-4-16/h5-7,10,17H,1-4,9H2. The van der Waals surface area contributed by atoms with E-state index in [1.165, 1.54) is 12.1 Å². The molecule has 3 nitrogen and oxygen atoms in total. The fraction of sp³-hybridized carbons (Fsp3) is 0.462. The predicted molar refractivity (Wildman–Crippen MR) is 63.1 cm³/mol. The lowest BCUT2D eigenvalue weighted by atomic mass is 9.97. The lowest BCUT2D eigenvalue weighted by molar-refractivity contribution is 0.203. The van der Waals surface area contributed by atoms with Crippen molar-refractivity contribution < 1.29 is 9.50 Å². The second-order valence-electron chi connectivity index (χ2n) is 4.42. The largest absolute Gasteiger partial charge is 0.396 e. The van der Waals surface area contributed by atoms with Gasteiger partial charge in [0.1, 0.15) is 5.82 Å². The lowest BCUT2D eigenvalue weighted by Crippen LogP contribution is -2.34. The maximum absolute atomic E-state index is 13.3. The van der Waals surface area contributed by atoms with Crippen LogP contribution >= 0.6 is 0 Å². The maximum atomic E-state index is 13.3. The van der Waals surface area contributed by atoms with Gasteiger partial charge in [0.15, 0.2) is 0 Å². The zero-order chi connectivity index (χ0) is 12.3. The van der Waals surface area contributed by atoms with Crippen LogP contribution in [-0.2, 0) is 0 Å². The molecule has 1 aromatic carbocycles. The second kappa shape index (κ2) is 5.15. The van der Waals surface area contributed by atoms with Gasteiger partial charge in [0.05, 0.1) is 11.6 Å². The number of nitriles is 1. The first-order valence-electron chi connectivity index (χ1n) is 5.79. The molecule has 1 aliphatic heterocycles. The highest BCUT2D eigenvalue weighted by atomic mass is 19.1. The molecule has 1 N–H and O–H groups in total. The van der Waals surface area contributed by atoms with Crippen molar-refractivity contribution in [3.8, 4) is 6.07 Å². The van der Waals surface area contributed by atoms with Crippen LogP contribution < -0.4 is 4.90 Å². The van der Waals surface area contributed by atoms with E-state index in [1.54, 1.807) is 6.07 Å². The second-order valence-corrected chi connectivity index (χ2v) is 4.42. The smallest absolute Gasteiger partial charge is 0.126 e. The number of benzene rings is 1. The number of hydrogen-bond donors (Lipinski definition) is 1. The Bertz CT molecular complexity index is 434. The van der Waals surface area contributed by atoms with E-state index in [0.29, 0.717) is 11.5 Å². The minimum absolute atomic E-state index is 0.223. The van der Waals surface area contributed by atoms with Crippen molar-refractivity contribution in [3.05, 3.63) is 29.6 Å². The minimum atomic E-state index is -0.372. The van der Waals surface area contributed by atoms with Gasteiger partial charge in [-0.1, -0.05) is 0 Å². The summed E-state index contributed by atoms with van der Waals surface area (Å²) in [4.78, 5) is 2.07. The molecule has 17 heavy (non-hydrogen) atoms. The van der Waals surface area contributed by atoms with Gasteiger partial charge in [0.25, 0.3) is 0 Å². The Kier molecular flexibility index (Phi) is 3.60. The number of aliphatic hydroxyl groups excluding tert-OH is 1. The van der Waals surface area contributed by atoms with Crippen molar-refractivity contribution >= 4 is 5.69 Å². The first kappa shape index (κ1) is 11.9. The fourth-order valence-corrected chi connectivity index (χ4v) is 2.20. The van der Waals surface area contributed by atoms with Gasteiger partial charge in [0.2, 0.25) is 0 Å². The minimum Gasteiger partial charge on any atom is -0.396 e. The summed E-state index contributed by atoms with van der Waals surface area (Å²) in [6, 6.07) is 6.37. The SMILES string of the molecule is N#Cc1cc(F)cc(N2CCC(CO)CC2)c1. The molecule has 0 unspecified atom stereocenters. The van der Waals surface area contributed by atoms with E-state index in [2.05, 4.69) is 4.90 Å². The molecule has 0 saturated carbocycles. The first-order valence-corrected chi connectivity index (χ1v) is 5.79. The third-order valence-corrected chi connectivity index (χ3v) is 3.25. The van der Waals surface area contributed by atoms with Gasteiger partial charge < -0.3 is 10.0 Å². The molecule has 2 rings (SSSR count). The number of rotatable bonds is 2. The zero-order valence-corrected chi connectivity index (χ0v) is 9.56. The van der Waals surface area contributed by atoms with E-state index in [9.17, 15) is 4.39 Å². The number of hydrogen-bond acceptors (Lipinski definition) is 3. The van der Waals surface area contributed by atoms with E-state index in [-0.39, 0.29) is 12.4 Å². The maximum Gasteiger partial charge on any atom is 0.126 e. The third-order valence-electron chi connectivity index (χ3n) is 3.25. The molecule has 0 aliphatic carbocycles. The molecule has 1 saturated heterocycles. The highest BCUT2D eigenvalue weighted by Crippen LogP contribution is 2.24. The molecule has 90 valence electrons. The number of anilines is 1. The summed E-state index contributed by atoms with van der Waals surface area (Å²) in [6.45, 7) is 1.83. The molecule has 1 aliphatic rings. The van der Waals surface area contributed by atoms with Crippen LogP contribution in [0.15, 0.2) is 18.2 Å². The van der Waals surface area contributed by atoms with Gasteiger partial charge in [-0.05, 0) is 37.0 Å². The van der Waals surface area contributed by atoms with Crippen LogP contribution in [-0.4, -0.2) is 24.8 Å². The van der Waals surface area contributed by atoms with Gasteiger partial charge in [0, 0.05) is 25.4 Å².